The molecular formula is C14H18N2O2S. The number of fused-ring (bicyclic) bond motifs is 1. The molecule has 0 atom stereocenters. The summed E-state index contributed by atoms with van der Waals surface area (Å²) in [6.07, 6.45) is 0. The van der Waals surface area contributed by atoms with Crippen molar-refractivity contribution in [2.24, 2.45) is 0 Å². The van der Waals surface area contributed by atoms with Crippen molar-refractivity contribution in [2.75, 3.05) is 25.9 Å². The second kappa shape index (κ2) is 5.48. The molecule has 0 fully saturated rings. The third-order valence-corrected chi connectivity index (χ3v) is 4.34. The summed E-state index contributed by atoms with van der Waals surface area (Å²) in [5.41, 5.74) is 6.67. The first kappa shape index (κ1) is 13.7. The van der Waals surface area contributed by atoms with Crippen molar-refractivity contribution >= 4 is 33.0 Å². The van der Waals surface area contributed by atoms with Crippen molar-refractivity contribution in [1.29, 1.82) is 0 Å². The van der Waals surface area contributed by atoms with Crippen LogP contribution in [0.2, 0.25) is 0 Å². The van der Waals surface area contributed by atoms with Gasteiger partial charge in [-0.15, -0.1) is 11.3 Å². The highest BCUT2D eigenvalue weighted by atomic mass is 32.1. The molecule has 2 aromatic rings. The molecule has 0 bridgehead atoms. The Morgan fingerprint density at radius 1 is 1.37 bits per heavy atom. The van der Waals surface area contributed by atoms with Crippen LogP contribution in [0.25, 0.3) is 10.1 Å². The van der Waals surface area contributed by atoms with Gasteiger partial charge >= 0.3 is 0 Å². The Hall–Kier alpha value is -1.75. The van der Waals surface area contributed by atoms with Crippen LogP contribution in [0, 0.1) is 0 Å². The monoisotopic (exact) mass is 278 g/mol. The summed E-state index contributed by atoms with van der Waals surface area (Å²) in [7, 11) is 1.63. The van der Waals surface area contributed by atoms with Gasteiger partial charge in [0.25, 0.3) is 5.91 Å². The van der Waals surface area contributed by atoms with Crippen LogP contribution in [0.3, 0.4) is 0 Å². The molecular weight excluding hydrogens is 260 g/mol. The standard InChI is InChI=1S/C14H18N2O2S/c1-4-16(5-2)14(17)13-12(15)10-7-6-9(18-3)8-11(10)19-13/h6-8H,4-5,15H2,1-3H3. The topological polar surface area (TPSA) is 55.6 Å². The number of nitrogens with zero attached hydrogens (tertiary/aromatic N) is 1. The molecule has 19 heavy (non-hydrogen) atoms. The van der Waals surface area contributed by atoms with Crippen LogP contribution in [0.4, 0.5) is 5.69 Å². The van der Waals surface area contributed by atoms with Crippen molar-refractivity contribution in [3.05, 3.63) is 23.1 Å². The normalized spacial score (nSPS) is 10.7. The first-order valence-corrected chi connectivity index (χ1v) is 7.09. The van der Waals surface area contributed by atoms with Crippen LogP contribution in [-0.2, 0) is 0 Å². The van der Waals surface area contributed by atoms with Gasteiger partial charge in [-0.3, -0.25) is 4.79 Å². The van der Waals surface area contributed by atoms with E-state index in [0.29, 0.717) is 23.7 Å². The van der Waals surface area contributed by atoms with Gasteiger partial charge in [0, 0.05) is 23.2 Å². The lowest BCUT2D eigenvalue weighted by atomic mass is 10.2. The Balaban J connectivity index is 2.50. The van der Waals surface area contributed by atoms with Gasteiger partial charge in [0.15, 0.2) is 0 Å². The number of thiophene rings is 1. The van der Waals surface area contributed by atoms with E-state index in [1.165, 1.54) is 11.3 Å². The second-order valence-electron chi connectivity index (χ2n) is 4.18. The lowest BCUT2D eigenvalue weighted by Crippen LogP contribution is -2.30. The summed E-state index contributed by atoms with van der Waals surface area (Å²) >= 11 is 1.42. The van der Waals surface area contributed by atoms with E-state index < -0.39 is 0 Å². The van der Waals surface area contributed by atoms with Crippen LogP contribution >= 0.6 is 11.3 Å². The van der Waals surface area contributed by atoms with E-state index in [1.807, 2.05) is 32.0 Å². The summed E-state index contributed by atoms with van der Waals surface area (Å²) in [5.74, 6) is 0.776. The summed E-state index contributed by atoms with van der Waals surface area (Å²) in [6, 6.07) is 5.67. The molecule has 1 heterocycles. The molecule has 0 saturated heterocycles. The van der Waals surface area contributed by atoms with Gasteiger partial charge in [0.1, 0.15) is 10.6 Å². The van der Waals surface area contributed by atoms with Crippen LogP contribution in [0.15, 0.2) is 18.2 Å². The van der Waals surface area contributed by atoms with E-state index in [0.717, 1.165) is 15.8 Å². The third-order valence-electron chi connectivity index (χ3n) is 3.18. The summed E-state index contributed by atoms with van der Waals surface area (Å²) < 4.78 is 6.17. The Bertz CT molecular complexity index is 603. The predicted octanol–water partition coefficient (Wildman–Crippen LogP) is 2.97. The van der Waals surface area contributed by atoms with Gasteiger partial charge in [0.05, 0.1) is 12.8 Å². The van der Waals surface area contributed by atoms with Crippen LogP contribution in [0.5, 0.6) is 5.75 Å². The molecule has 2 N–H and O–H groups in total. The lowest BCUT2D eigenvalue weighted by molar-refractivity contribution is 0.0779. The highest BCUT2D eigenvalue weighted by Gasteiger charge is 2.20. The predicted molar refractivity (Wildman–Crippen MR) is 80.0 cm³/mol. The van der Waals surface area contributed by atoms with Crippen molar-refractivity contribution in [2.45, 2.75) is 13.8 Å². The molecule has 0 radical (unpaired) electrons. The van der Waals surface area contributed by atoms with E-state index in [2.05, 4.69) is 0 Å². The second-order valence-corrected chi connectivity index (χ2v) is 5.24. The van der Waals surface area contributed by atoms with Crippen LogP contribution in [0.1, 0.15) is 23.5 Å². The van der Waals surface area contributed by atoms with Crippen molar-refractivity contribution < 1.29 is 9.53 Å². The fourth-order valence-electron chi connectivity index (χ4n) is 2.04. The van der Waals surface area contributed by atoms with Gasteiger partial charge in [-0.2, -0.15) is 0 Å². The Morgan fingerprint density at radius 2 is 2.05 bits per heavy atom. The number of amides is 1. The molecule has 1 aromatic carbocycles. The zero-order chi connectivity index (χ0) is 14.0. The Labute approximate surface area is 116 Å². The molecule has 1 aromatic heterocycles. The maximum absolute atomic E-state index is 12.4. The number of carbonyl (C=O) groups is 1. The van der Waals surface area contributed by atoms with Gasteiger partial charge in [-0.1, -0.05) is 0 Å². The van der Waals surface area contributed by atoms with Gasteiger partial charge in [-0.25, -0.2) is 0 Å². The number of nitrogen functional groups attached to an aromatic ring is 1. The smallest absolute Gasteiger partial charge is 0.266 e. The number of hydrogen-bond donors (Lipinski definition) is 1. The number of carbonyl (C=O) groups excluding carboxylic acids is 1. The number of methoxy groups -OCH3 is 1. The molecule has 0 unspecified atom stereocenters. The summed E-state index contributed by atoms with van der Waals surface area (Å²) in [4.78, 5) is 14.8. The largest absolute Gasteiger partial charge is 0.497 e. The van der Waals surface area contributed by atoms with Crippen LogP contribution < -0.4 is 10.5 Å². The lowest BCUT2D eigenvalue weighted by Gasteiger charge is -2.17. The highest BCUT2D eigenvalue weighted by molar-refractivity contribution is 7.21. The number of anilines is 1. The van der Waals surface area contributed by atoms with E-state index in [1.54, 1.807) is 12.0 Å². The first-order valence-electron chi connectivity index (χ1n) is 6.27. The van der Waals surface area contributed by atoms with Gasteiger partial charge in [-0.05, 0) is 32.0 Å². The molecule has 102 valence electrons. The zero-order valence-corrected chi connectivity index (χ0v) is 12.2. The van der Waals surface area contributed by atoms with Crippen molar-refractivity contribution in [1.82, 2.24) is 4.90 Å². The zero-order valence-electron chi connectivity index (χ0n) is 11.4. The molecule has 1 amide bonds. The minimum Gasteiger partial charge on any atom is -0.497 e. The maximum Gasteiger partial charge on any atom is 0.266 e. The minimum atomic E-state index is 0.00247. The van der Waals surface area contributed by atoms with Crippen LogP contribution in [-0.4, -0.2) is 31.0 Å². The van der Waals surface area contributed by atoms with Crippen molar-refractivity contribution in [3.63, 3.8) is 0 Å². The summed E-state index contributed by atoms with van der Waals surface area (Å²) in [5, 5.41) is 0.918. The number of nitrogens with two attached hydrogens (primary N) is 1. The number of rotatable bonds is 4. The number of ether oxygens (including phenoxy) is 1. The third kappa shape index (κ3) is 2.38. The average molecular weight is 278 g/mol. The Kier molecular flexibility index (Phi) is 3.95. The molecule has 0 aliphatic heterocycles. The summed E-state index contributed by atoms with van der Waals surface area (Å²) in [6.45, 7) is 5.31. The van der Waals surface area contributed by atoms with E-state index in [-0.39, 0.29) is 5.91 Å². The molecule has 0 aliphatic carbocycles. The molecule has 0 spiro atoms. The Morgan fingerprint density at radius 3 is 2.63 bits per heavy atom. The van der Waals surface area contributed by atoms with Crippen molar-refractivity contribution in [3.8, 4) is 5.75 Å². The van der Waals surface area contributed by atoms with E-state index in [9.17, 15) is 4.79 Å². The number of hydrogen-bond acceptors (Lipinski definition) is 4. The fourth-order valence-corrected chi connectivity index (χ4v) is 3.16. The fraction of sp³-hybridized carbons (Fsp3) is 0.357. The molecule has 0 saturated carbocycles. The maximum atomic E-state index is 12.4. The van der Waals surface area contributed by atoms with Gasteiger partial charge in [0.2, 0.25) is 0 Å². The first-order chi connectivity index (χ1) is 9.12. The molecule has 0 aliphatic rings. The average Bonchev–Trinajstić information content (AvgIpc) is 2.76. The quantitative estimate of drug-likeness (QED) is 0.935. The van der Waals surface area contributed by atoms with E-state index in [4.69, 9.17) is 10.5 Å². The highest BCUT2D eigenvalue weighted by Crippen LogP contribution is 2.36. The number of benzene rings is 1. The van der Waals surface area contributed by atoms with E-state index >= 15 is 0 Å². The minimum absolute atomic E-state index is 0.00247. The SMILES string of the molecule is CCN(CC)C(=O)c1sc2cc(OC)ccc2c1N. The van der Waals surface area contributed by atoms with Gasteiger partial charge < -0.3 is 15.4 Å². The molecule has 4 nitrogen and oxygen atoms in total. The molecule has 5 heteroatoms. The molecule has 2 rings (SSSR count).